The van der Waals surface area contributed by atoms with E-state index in [1.807, 2.05) is 30.5 Å². The summed E-state index contributed by atoms with van der Waals surface area (Å²) in [7, 11) is 0. The molecule has 1 atom stereocenters. The molecule has 0 spiro atoms. The van der Waals surface area contributed by atoms with Crippen molar-refractivity contribution in [2.24, 2.45) is 0 Å². The van der Waals surface area contributed by atoms with E-state index in [2.05, 4.69) is 46.5 Å². The van der Waals surface area contributed by atoms with Crippen LogP contribution in [-0.4, -0.2) is 31.4 Å². The van der Waals surface area contributed by atoms with E-state index >= 15 is 0 Å². The maximum Gasteiger partial charge on any atom is 0.236 e. The number of benzene rings is 1. The van der Waals surface area contributed by atoms with E-state index in [9.17, 15) is 4.79 Å². The van der Waals surface area contributed by atoms with Gasteiger partial charge in [0.05, 0.1) is 10.8 Å². The molecule has 0 bridgehead atoms. The summed E-state index contributed by atoms with van der Waals surface area (Å²) in [5.74, 6) is 2.44. The number of halogens is 1. The van der Waals surface area contributed by atoms with Crippen LogP contribution < -0.4 is 10.1 Å². The van der Waals surface area contributed by atoms with Crippen molar-refractivity contribution in [1.82, 2.24) is 19.7 Å². The predicted octanol–water partition coefficient (Wildman–Crippen LogP) is 5.34. The van der Waals surface area contributed by atoms with Crippen molar-refractivity contribution in [3.8, 4) is 5.75 Å². The third kappa shape index (κ3) is 6.21. The Kier molecular flexibility index (Phi) is 7.92. The van der Waals surface area contributed by atoms with Crippen LogP contribution in [0.4, 0.5) is 5.82 Å². The van der Waals surface area contributed by atoms with E-state index in [0.29, 0.717) is 28.5 Å². The Labute approximate surface area is 191 Å². The summed E-state index contributed by atoms with van der Waals surface area (Å²) in [6.07, 6.45) is 1.21. The van der Waals surface area contributed by atoms with E-state index in [1.54, 1.807) is 12.1 Å². The van der Waals surface area contributed by atoms with E-state index in [0.717, 1.165) is 11.6 Å². The van der Waals surface area contributed by atoms with Gasteiger partial charge in [-0.1, -0.05) is 49.3 Å². The molecular formula is C22H26ClN5O2S. The van der Waals surface area contributed by atoms with Gasteiger partial charge in [-0.05, 0) is 49.6 Å². The molecule has 1 N–H and O–H groups in total. The van der Waals surface area contributed by atoms with Crippen LogP contribution in [0.25, 0.3) is 0 Å². The summed E-state index contributed by atoms with van der Waals surface area (Å²) in [6.45, 7) is 8.95. The number of nitrogens with one attached hydrogen (secondary N) is 1. The van der Waals surface area contributed by atoms with Gasteiger partial charge in [-0.2, -0.15) is 0 Å². The molecule has 0 aliphatic rings. The number of amides is 1. The second-order valence-corrected chi connectivity index (χ2v) is 8.65. The lowest BCUT2D eigenvalue weighted by Crippen LogP contribution is -2.16. The number of rotatable bonds is 9. The number of carbonyl (C=O) groups is 1. The van der Waals surface area contributed by atoms with Crippen molar-refractivity contribution in [2.75, 3.05) is 11.1 Å². The standard InChI is InChI=1S/C22H26ClN5O2S/c1-5-28-21(15(4)30-18-9-6-16(7-10-18)14(2)3)26-27-22(28)31-13-20(29)25-19-11-8-17(23)12-24-19/h6-12,14-15H,5,13H2,1-4H3,(H,24,25,29). The van der Waals surface area contributed by atoms with Crippen molar-refractivity contribution in [3.05, 3.63) is 59.0 Å². The molecule has 0 fully saturated rings. The molecule has 3 rings (SSSR count). The zero-order chi connectivity index (χ0) is 22.4. The van der Waals surface area contributed by atoms with Crippen LogP contribution in [-0.2, 0) is 11.3 Å². The minimum absolute atomic E-state index is 0.179. The number of hydrogen-bond donors (Lipinski definition) is 1. The van der Waals surface area contributed by atoms with Crippen molar-refractivity contribution < 1.29 is 9.53 Å². The van der Waals surface area contributed by atoms with Gasteiger partial charge in [0.15, 0.2) is 17.1 Å². The Morgan fingerprint density at radius 3 is 2.52 bits per heavy atom. The number of anilines is 1. The minimum atomic E-state index is -0.279. The van der Waals surface area contributed by atoms with Gasteiger partial charge in [0.25, 0.3) is 0 Å². The van der Waals surface area contributed by atoms with Crippen molar-refractivity contribution in [3.63, 3.8) is 0 Å². The fourth-order valence-electron chi connectivity index (χ4n) is 2.95. The summed E-state index contributed by atoms with van der Waals surface area (Å²) in [4.78, 5) is 16.3. The molecule has 1 amide bonds. The first kappa shape index (κ1) is 23.1. The van der Waals surface area contributed by atoms with Crippen molar-refractivity contribution in [1.29, 1.82) is 0 Å². The smallest absolute Gasteiger partial charge is 0.236 e. The summed E-state index contributed by atoms with van der Waals surface area (Å²) >= 11 is 7.13. The fraction of sp³-hybridized carbons (Fsp3) is 0.364. The highest BCUT2D eigenvalue weighted by atomic mass is 35.5. The lowest BCUT2D eigenvalue weighted by atomic mass is 10.0. The van der Waals surface area contributed by atoms with Crippen LogP contribution in [0, 0.1) is 0 Å². The Bertz CT molecular complexity index is 1010. The van der Waals surface area contributed by atoms with Crippen LogP contribution in [0.5, 0.6) is 5.75 Å². The first-order chi connectivity index (χ1) is 14.9. The summed E-state index contributed by atoms with van der Waals surface area (Å²) in [5.41, 5.74) is 1.27. The van der Waals surface area contributed by atoms with Gasteiger partial charge >= 0.3 is 0 Å². The molecule has 9 heteroatoms. The number of aromatic nitrogens is 4. The van der Waals surface area contributed by atoms with E-state index < -0.39 is 0 Å². The predicted molar refractivity (Wildman–Crippen MR) is 124 cm³/mol. The van der Waals surface area contributed by atoms with Gasteiger partial charge in [0.1, 0.15) is 11.6 Å². The van der Waals surface area contributed by atoms with Gasteiger partial charge in [-0.3, -0.25) is 4.79 Å². The zero-order valence-corrected chi connectivity index (χ0v) is 19.6. The van der Waals surface area contributed by atoms with Crippen LogP contribution in [0.15, 0.2) is 47.8 Å². The number of ether oxygens (including phenoxy) is 1. The first-order valence-corrected chi connectivity index (χ1v) is 11.5. The average molecular weight is 460 g/mol. The number of pyridine rings is 1. The molecule has 3 aromatic rings. The summed E-state index contributed by atoms with van der Waals surface area (Å²) in [6, 6.07) is 11.4. The highest BCUT2D eigenvalue weighted by Crippen LogP contribution is 2.26. The van der Waals surface area contributed by atoms with Gasteiger partial charge in [-0.25, -0.2) is 4.98 Å². The monoisotopic (exact) mass is 459 g/mol. The highest BCUT2D eigenvalue weighted by Gasteiger charge is 2.19. The quantitative estimate of drug-likeness (QED) is 0.435. The Morgan fingerprint density at radius 2 is 1.90 bits per heavy atom. The largest absolute Gasteiger partial charge is 0.483 e. The van der Waals surface area contributed by atoms with Crippen molar-refractivity contribution in [2.45, 2.75) is 51.4 Å². The maximum absolute atomic E-state index is 12.2. The second kappa shape index (κ2) is 10.6. The van der Waals surface area contributed by atoms with Gasteiger partial charge in [-0.15, -0.1) is 10.2 Å². The molecule has 0 saturated carbocycles. The fourth-order valence-corrected chi connectivity index (χ4v) is 3.87. The molecule has 1 unspecified atom stereocenters. The number of carbonyl (C=O) groups excluding carboxylic acids is 1. The Balaban J connectivity index is 1.61. The third-order valence-corrected chi connectivity index (χ3v) is 5.80. The molecule has 7 nitrogen and oxygen atoms in total. The molecule has 2 heterocycles. The maximum atomic E-state index is 12.2. The molecule has 0 saturated heterocycles. The molecule has 0 aliphatic carbocycles. The SMILES string of the molecule is CCn1c(SCC(=O)Nc2ccc(Cl)cn2)nnc1C(C)Oc1ccc(C(C)C)cc1. The van der Waals surface area contributed by atoms with E-state index in [-0.39, 0.29) is 17.8 Å². The van der Waals surface area contributed by atoms with Crippen LogP contribution in [0.3, 0.4) is 0 Å². The van der Waals surface area contributed by atoms with Crippen molar-refractivity contribution >= 4 is 35.1 Å². The van der Waals surface area contributed by atoms with E-state index in [4.69, 9.17) is 16.3 Å². The lowest BCUT2D eigenvalue weighted by molar-refractivity contribution is -0.113. The number of thioether (sulfide) groups is 1. The number of hydrogen-bond acceptors (Lipinski definition) is 6. The Hall–Kier alpha value is -2.58. The summed E-state index contributed by atoms with van der Waals surface area (Å²) < 4.78 is 8.04. The molecule has 0 radical (unpaired) electrons. The topological polar surface area (TPSA) is 81.9 Å². The minimum Gasteiger partial charge on any atom is -0.483 e. The van der Waals surface area contributed by atoms with Gasteiger partial charge < -0.3 is 14.6 Å². The summed E-state index contributed by atoms with van der Waals surface area (Å²) in [5, 5.41) is 12.5. The molecule has 2 aromatic heterocycles. The van der Waals surface area contributed by atoms with Crippen LogP contribution in [0.1, 0.15) is 51.1 Å². The molecular weight excluding hydrogens is 434 g/mol. The molecule has 164 valence electrons. The molecule has 1 aromatic carbocycles. The second-order valence-electron chi connectivity index (χ2n) is 7.27. The lowest BCUT2D eigenvalue weighted by Gasteiger charge is -2.16. The van der Waals surface area contributed by atoms with Crippen LogP contribution in [0.2, 0.25) is 5.02 Å². The van der Waals surface area contributed by atoms with E-state index in [1.165, 1.54) is 23.5 Å². The van der Waals surface area contributed by atoms with Crippen LogP contribution >= 0.6 is 23.4 Å². The van der Waals surface area contributed by atoms with Gasteiger partial charge in [0, 0.05) is 12.7 Å². The molecule has 31 heavy (non-hydrogen) atoms. The van der Waals surface area contributed by atoms with Gasteiger partial charge in [0.2, 0.25) is 5.91 Å². The average Bonchev–Trinajstić information content (AvgIpc) is 3.17. The first-order valence-electron chi connectivity index (χ1n) is 10.1. The number of nitrogens with zero attached hydrogens (tertiary/aromatic N) is 4. The zero-order valence-electron chi connectivity index (χ0n) is 18.0. The normalized spacial score (nSPS) is 12.1. The third-order valence-electron chi connectivity index (χ3n) is 4.61. The Morgan fingerprint density at radius 1 is 1.16 bits per heavy atom. The highest BCUT2D eigenvalue weighted by molar-refractivity contribution is 7.99. The molecule has 0 aliphatic heterocycles.